The summed E-state index contributed by atoms with van der Waals surface area (Å²) in [6.45, 7) is 3.83. The first-order valence-corrected chi connectivity index (χ1v) is 11.4. The van der Waals surface area contributed by atoms with E-state index in [1.807, 2.05) is 0 Å². The second-order valence-corrected chi connectivity index (χ2v) is 9.88. The maximum Gasteiger partial charge on any atom is 0.340 e. The molecular formula is C19H18ClFN2O5S2. The number of ether oxygens (including phenoxy) is 1. The average molecular weight is 473 g/mol. The number of esters is 1. The molecule has 2 heterocycles. The molecule has 0 saturated heterocycles. The Balaban J connectivity index is 1.97. The molecule has 0 radical (unpaired) electrons. The molecule has 160 valence electrons. The van der Waals surface area contributed by atoms with Crippen LogP contribution in [0.3, 0.4) is 0 Å². The number of fused-ring (bicyclic) bond motifs is 1. The number of rotatable bonds is 6. The van der Waals surface area contributed by atoms with Crippen LogP contribution in [0.4, 0.5) is 4.39 Å². The smallest absolute Gasteiger partial charge is 0.340 e. The molecule has 0 saturated carbocycles. The Hall–Kier alpha value is -2.27. The van der Waals surface area contributed by atoms with Crippen LogP contribution >= 0.6 is 22.9 Å². The number of halogens is 2. The zero-order chi connectivity index (χ0) is 22.1. The van der Waals surface area contributed by atoms with Gasteiger partial charge in [0, 0.05) is 23.5 Å². The van der Waals surface area contributed by atoms with E-state index in [9.17, 15) is 22.4 Å². The predicted octanol–water partition coefficient (Wildman–Crippen LogP) is 2.99. The quantitative estimate of drug-likeness (QED) is 0.515. The van der Waals surface area contributed by atoms with Crippen molar-refractivity contribution in [3.63, 3.8) is 0 Å². The summed E-state index contributed by atoms with van der Waals surface area (Å²) in [5, 5.41) is -0.163. The fourth-order valence-electron chi connectivity index (χ4n) is 3.10. The molecule has 1 aromatic heterocycles. The molecule has 7 nitrogen and oxygen atoms in total. The van der Waals surface area contributed by atoms with Gasteiger partial charge < -0.3 is 9.64 Å². The summed E-state index contributed by atoms with van der Waals surface area (Å²) in [5.41, 5.74) is 0.757. The lowest BCUT2D eigenvalue weighted by Crippen LogP contribution is -2.35. The maximum atomic E-state index is 13.4. The van der Waals surface area contributed by atoms with E-state index in [-0.39, 0.29) is 52.3 Å². The predicted molar refractivity (Wildman–Crippen MR) is 111 cm³/mol. The SMILES string of the molecule is C=CCNS(=O)(=O)c1sc2c(c1C(=O)OC)CCN(C(=O)c1ccc(F)c(Cl)c1)C2. The molecule has 0 bridgehead atoms. The van der Waals surface area contributed by atoms with Gasteiger partial charge in [-0.1, -0.05) is 17.7 Å². The second kappa shape index (κ2) is 8.84. The topological polar surface area (TPSA) is 92.8 Å². The number of nitrogens with zero attached hydrogens (tertiary/aromatic N) is 1. The van der Waals surface area contributed by atoms with E-state index in [4.69, 9.17) is 16.3 Å². The van der Waals surface area contributed by atoms with Crippen LogP contribution in [0, 0.1) is 5.82 Å². The Bertz CT molecular complexity index is 1130. The monoisotopic (exact) mass is 472 g/mol. The number of hydrogen-bond donors (Lipinski definition) is 1. The Morgan fingerprint density at radius 1 is 1.43 bits per heavy atom. The highest BCUT2D eigenvalue weighted by Gasteiger charge is 2.35. The van der Waals surface area contributed by atoms with Gasteiger partial charge in [-0.3, -0.25) is 4.79 Å². The summed E-state index contributed by atoms with van der Waals surface area (Å²) in [6.07, 6.45) is 1.66. The Morgan fingerprint density at radius 3 is 2.80 bits per heavy atom. The largest absolute Gasteiger partial charge is 0.465 e. The number of sulfonamides is 1. The summed E-state index contributed by atoms with van der Waals surface area (Å²) >= 11 is 6.69. The fraction of sp³-hybridized carbons (Fsp3) is 0.263. The van der Waals surface area contributed by atoms with Gasteiger partial charge in [0.15, 0.2) is 0 Å². The number of thiophene rings is 1. The van der Waals surface area contributed by atoms with Crippen molar-refractivity contribution in [1.82, 2.24) is 9.62 Å². The summed E-state index contributed by atoms with van der Waals surface area (Å²) in [6, 6.07) is 3.70. The third-order valence-electron chi connectivity index (χ3n) is 4.53. The molecule has 0 atom stereocenters. The number of hydrogen-bond acceptors (Lipinski definition) is 6. The summed E-state index contributed by atoms with van der Waals surface area (Å²) in [4.78, 5) is 27.2. The van der Waals surface area contributed by atoms with Gasteiger partial charge in [-0.15, -0.1) is 17.9 Å². The molecule has 1 aromatic carbocycles. The highest BCUT2D eigenvalue weighted by molar-refractivity contribution is 7.91. The van der Waals surface area contributed by atoms with Gasteiger partial charge in [-0.05, 0) is 30.2 Å². The first kappa shape index (κ1) is 22.4. The molecule has 1 aliphatic heterocycles. The van der Waals surface area contributed by atoms with Crippen molar-refractivity contribution in [2.24, 2.45) is 0 Å². The maximum absolute atomic E-state index is 13.4. The molecule has 11 heteroatoms. The van der Waals surface area contributed by atoms with E-state index < -0.39 is 21.8 Å². The van der Waals surface area contributed by atoms with E-state index in [2.05, 4.69) is 11.3 Å². The molecule has 30 heavy (non-hydrogen) atoms. The highest BCUT2D eigenvalue weighted by Crippen LogP contribution is 2.37. The molecule has 2 aromatic rings. The molecule has 0 aliphatic carbocycles. The minimum absolute atomic E-state index is 0.00144. The van der Waals surface area contributed by atoms with Gasteiger partial charge in [-0.2, -0.15) is 0 Å². The number of nitrogens with one attached hydrogen (secondary N) is 1. The number of amides is 1. The average Bonchev–Trinajstić information content (AvgIpc) is 3.13. The number of benzene rings is 1. The molecule has 1 amide bonds. The van der Waals surface area contributed by atoms with Crippen molar-refractivity contribution < 1.29 is 27.1 Å². The van der Waals surface area contributed by atoms with E-state index in [0.29, 0.717) is 10.4 Å². The van der Waals surface area contributed by atoms with Crippen LogP contribution in [0.5, 0.6) is 0 Å². The van der Waals surface area contributed by atoms with Crippen molar-refractivity contribution in [3.8, 4) is 0 Å². The van der Waals surface area contributed by atoms with Crippen LogP contribution in [0.2, 0.25) is 5.02 Å². The minimum Gasteiger partial charge on any atom is -0.465 e. The van der Waals surface area contributed by atoms with Crippen LogP contribution < -0.4 is 4.72 Å². The van der Waals surface area contributed by atoms with Crippen LogP contribution in [-0.2, 0) is 27.7 Å². The van der Waals surface area contributed by atoms with Crippen molar-refractivity contribution in [3.05, 3.63) is 63.3 Å². The van der Waals surface area contributed by atoms with Crippen molar-refractivity contribution in [1.29, 1.82) is 0 Å². The lowest BCUT2D eigenvalue weighted by atomic mass is 10.0. The van der Waals surface area contributed by atoms with Gasteiger partial charge in [0.25, 0.3) is 15.9 Å². The molecule has 0 spiro atoms. The zero-order valence-corrected chi connectivity index (χ0v) is 18.3. The highest BCUT2D eigenvalue weighted by atomic mass is 35.5. The first-order valence-electron chi connectivity index (χ1n) is 8.77. The third-order valence-corrected chi connectivity index (χ3v) is 7.98. The first-order chi connectivity index (χ1) is 14.2. The summed E-state index contributed by atoms with van der Waals surface area (Å²) in [7, 11) is -2.79. The zero-order valence-electron chi connectivity index (χ0n) is 15.9. The lowest BCUT2D eigenvalue weighted by molar-refractivity contribution is 0.0595. The van der Waals surface area contributed by atoms with Gasteiger partial charge >= 0.3 is 5.97 Å². The fourth-order valence-corrected chi connectivity index (χ4v) is 6.22. The molecule has 1 aliphatic rings. The number of carbonyl (C=O) groups excluding carboxylic acids is 2. The van der Waals surface area contributed by atoms with Gasteiger partial charge in [0.1, 0.15) is 10.0 Å². The second-order valence-electron chi connectivity index (χ2n) is 6.40. The standard InChI is InChI=1S/C19H18ClFN2O5S2/c1-3-7-22-30(26,27)19-16(18(25)28-2)12-6-8-23(10-15(12)29-19)17(24)11-4-5-14(21)13(20)9-11/h3-5,9,22H,1,6-8,10H2,2H3. The lowest BCUT2D eigenvalue weighted by Gasteiger charge is -2.27. The van der Waals surface area contributed by atoms with Gasteiger partial charge in [0.05, 0.1) is 24.2 Å². The minimum atomic E-state index is -3.97. The van der Waals surface area contributed by atoms with Crippen molar-refractivity contribution in [2.75, 3.05) is 20.2 Å². The van der Waals surface area contributed by atoms with Gasteiger partial charge in [0.2, 0.25) is 0 Å². The third kappa shape index (κ3) is 4.27. The molecular weight excluding hydrogens is 455 g/mol. The van der Waals surface area contributed by atoms with Crippen LogP contribution in [-0.4, -0.2) is 45.4 Å². The van der Waals surface area contributed by atoms with E-state index in [1.54, 1.807) is 0 Å². The van der Waals surface area contributed by atoms with Crippen LogP contribution in [0.15, 0.2) is 35.1 Å². The number of methoxy groups -OCH3 is 1. The van der Waals surface area contributed by atoms with Crippen LogP contribution in [0.1, 0.15) is 31.2 Å². The molecule has 1 N–H and O–H groups in total. The Kier molecular flexibility index (Phi) is 6.61. The van der Waals surface area contributed by atoms with E-state index in [1.165, 1.54) is 30.2 Å². The summed E-state index contributed by atoms with van der Waals surface area (Å²) < 4.78 is 45.7. The normalized spacial score (nSPS) is 13.6. The Labute approximate surface area is 182 Å². The van der Waals surface area contributed by atoms with Crippen molar-refractivity contribution >= 4 is 44.8 Å². The molecule has 3 rings (SSSR count). The Morgan fingerprint density at radius 2 is 2.17 bits per heavy atom. The van der Waals surface area contributed by atoms with Gasteiger partial charge in [-0.25, -0.2) is 22.3 Å². The van der Waals surface area contributed by atoms with Crippen LogP contribution in [0.25, 0.3) is 0 Å². The summed E-state index contributed by atoms with van der Waals surface area (Å²) in [5.74, 6) is -1.75. The van der Waals surface area contributed by atoms with E-state index in [0.717, 1.165) is 17.4 Å². The van der Waals surface area contributed by atoms with Crippen molar-refractivity contribution in [2.45, 2.75) is 17.2 Å². The molecule has 0 unspecified atom stereocenters. The van der Waals surface area contributed by atoms with E-state index >= 15 is 0 Å². The molecule has 0 fully saturated rings. The number of carbonyl (C=O) groups is 2.